The van der Waals surface area contributed by atoms with Crippen LogP contribution in [-0.4, -0.2) is 33.9 Å². The van der Waals surface area contributed by atoms with E-state index >= 15 is 0 Å². The highest BCUT2D eigenvalue weighted by atomic mass is 35.5. The zero-order valence-corrected chi connectivity index (χ0v) is 11.2. The highest BCUT2D eigenvalue weighted by molar-refractivity contribution is 6.31. The summed E-state index contributed by atoms with van der Waals surface area (Å²) in [6.45, 7) is 2.14. The Labute approximate surface area is 108 Å². The number of nitrogens with one attached hydrogen (secondary N) is 1. The van der Waals surface area contributed by atoms with Crippen LogP contribution >= 0.6 is 11.6 Å². The first-order valence-electron chi connectivity index (χ1n) is 5.79. The van der Waals surface area contributed by atoms with E-state index in [1.807, 2.05) is 31.3 Å². The van der Waals surface area contributed by atoms with E-state index in [4.69, 9.17) is 21.1 Å². The molecular formula is C13H20ClNO2. The molecule has 0 aliphatic heterocycles. The van der Waals surface area contributed by atoms with Gasteiger partial charge in [0, 0.05) is 37.5 Å². The maximum Gasteiger partial charge on any atom is 0.0963 e. The molecule has 17 heavy (non-hydrogen) atoms. The summed E-state index contributed by atoms with van der Waals surface area (Å²) in [4.78, 5) is 0. The minimum atomic E-state index is -0.00874. The molecule has 0 heterocycles. The van der Waals surface area contributed by atoms with Gasteiger partial charge in [0.2, 0.25) is 0 Å². The number of hydrogen-bond acceptors (Lipinski definition) is 3. The number of hydrogen-bond donors (Lipinski definition) is 1. The fraction of sp³-hybridized carbons (Fsp3) is 0.538. The van der Waals surface area contributed by atoms with Gasteiger partial charge in [0.25, 0.3) is 0 Å². The van der Waals surface area contributed by atoms with E-state index < -0.39 is 0 Å². The van der Waals surface area contributed by atoms with Crippen molar-refractivity contribution >= 4 is 11.6 Å². The van der Waals surface area contributed by atoms with E-state index in [0.717, 1.165) is 30.2 Å². The van der Waals surface area contributed by atoms with Crippen LogP contribution < -0.4 is 5.32 Å². The summed E-state index contributed by atoms with van der Waals surface area (Å²) in [6, 6.07) is 7.79. The van der Waals surface area contributed by atoms with Crippen molar-refractivity contribution in [3.05, 3.63) is 34.9 Å². The van der Waals surface area contributed by atoms with Gasteiger partial charge in [-0.1, -0.05) is 29.8 Å². The predicted octanol–water partition coefficient (Wildman–Crippen LogP) is 2.65. The predicted molar refractivity (Wildman–Crippen MR) is 70.6 cm³/mol. The molecule has 0 aliphatic carbocycles. The van der Waals surface area contributed by atoms with Crippen molar-refractivity contribution in [2.24, 2.45) is 0 Å². The Morgan fingerprint density at radius 1 is 1.29 bits per heavy atom. The van der Waals surface area contributed by atoms with E-state index in [-0.39, 0.29) is 6.10 Å². The maximum absolute atomic E-state index is 6.16. The van der Waals surface area contributed by atoms with E-state index in [1.54, 1.807) is 7.11 Å². The van der Waals surface area contributed by atoms with Crippen molar-refractivity contribution in [1.29, 1.82) is 0 Å². The molecule has 0 aromatic heterocycles. The number of likely N-dealkylation sites (N-methyl/N-ethyl adjacent to an activating group) is 1. The normalized spacial score (nSPS) is 12.6. The molecule has 0 radical (unpaired) electrons. The fourth-order valence-corrected chi connectivity index (χ4v) is 1.87. The van der Waals surface area contributed by atoms with Crippen molar-refractivity contribution in [3.8, 4) is 0 Å². The molecule has 1 aromatic carbocycles. The molecule has 4 heteroatoms. The third kappa shape index (κ3) is 5.04. The number of methoxy groups -OCH3 is 1. The van der Waals surface area contributed by atoms with E-state index in [1.165, 1.54) is 0 Å². The molecule has 1 N–H and O–H groups in total. The van der Waals surface area contributed by atoms with Gasteiger partial charge < -0.3 is 14.8 Å². The first kappa shape index (κ1) is 14.5. The first-order chi connectivity index (χ1) is 8.29. The van der Waals surface area contributed by atoms with Gasteiger partial charge in [-0.3, -0.25) is 0 Å². The van der Waals surface area contributed by atoms with Crippen LogP contribution in [0.3, 0.4) is 0 Å². The molecule has 96 valence electrons. The van der Waals surface area contributed by atoms with Crippen LogP contribution in [0.25, 0.3) is 0 Å². The van der Waals surface area contributed by atoms with E-state index in [0.29, 0.717) is 6.61 Å². The van der Waals surface area contributed by atoms with Crippen LogP contribution in [0.2, 0.25) is 5.02 Å². The molecule has 1 rings (SSSR count). The van der Waals surface area contributed by atoms with E-state index in [2.05, 4.69) is 5.32 Å². The van der Waals surface area contributed by atoms with Gasteiger partial charge in [0.15, 0.2) is 0 Å². The maximum atomic E-state index is 6.16. The smallest absolute Gasteiger partial charge is 0.0963 e. The van der Waals surface area contributed by atoms with Gasteiger partial charge in [0.05, 0.1) is 6.10 Å². The standard InChI is InChI=1S/C13H20ClNO2/c1-15-10-13(17-9-5-8-16-2)11-6-3-4-7-12(11)14/h3-4,6-7,13,15H,5,8-10H2,1-2H3. The summed E-state index contributed by atoms with van der Waals surface area (Å²) < 4.78 is 10.8. The van der Waals surface area contributed by atoms with Crippen molar-refractivity contribution in [2.45, 2.75) is 12.5 Å². The Morgan fingerprint density at radius 2 is 2.06 bits per heavy atom. The Morgan fingerprint density at radius 3 is 2.71 bits per heavy atom. The molecule has 0 fully saturated rings. The highest BCUT2D eigenvalue weighted by Crippen LogP contribution is 2.25. The molecule has 0 saturated carbocycles. The summed E-state index contributed by atoms with van der Waals surface area (Å²) in [5.41, 5.74) is 1.03. The second kappa shape index (κ2) is 8.48. The van der Waals surface area contributed by atoms with Crippen LogP contribution in [0.5, 0.6) is 0 Å². The molecule has 3 nitrogen and oxygen atoms in total. The van der Waals surface area contributed by atoms with Crippen molar-refractivity contribution in [1.82, 2.24) is 5.32 Å². The number of benzene rings is 1. The molecule has 1 aromatic rings. The molecule has 1 unspecified atom stereocenters. The lowest BCUT2D eigenvalue weighted by atomic mass is 10.1. The van der Waals surface area contributed by atoms with Crippen molar-refractivity contribution in [2.75, 3.05) is 33.9 Å². The van der Waals surface area contributed by atoms with Gasteiger partial charge in [-0.25, -0.2) is 0 Å². The lowest BCUT2D eigenvalue weighted by Crippen LogP contribution is -2.20. The number of rotatable bonds is 8. The topological polar surface area (TPSA) is 30.5 Å². The van der Waals surface area contributed by atoms with Crippen molar-refractivity contribution in [3.63, 3.8) is 0 Å². The molecule has 0 bridgehead atoms. The Balaban J connectivity index is 2.56. The Bertz CT molecular complexity index is 320. The van der Waals surface area contributed by atoms with Crippen LogP contribution in [0.15, 0.2) is 24.3 Å². The second-order valence-corrected chi connectivity index (χ2v) is 4.19. The van der Waals surface area contributed by atoms with Crippen LogP contribution in [0, 0.1) is 0 Å². The first-order valence-corrected chi connectivity index (χ1v) is 6.17. The quantitative estimate of drug-likeness (QED) is 0.727. The summed E-state index contributed by atoms with van der Waals surface area (Å²) in [5, 5.41) is 3.87. The minimum Gasteiger partial charge on any atom is -0.385 e. The van der Waals surface area contributed by atoms with Crippen LogP contribution in [0.4, 0.5) is 0 Å². The van der Waals surface area contributed by atoms with Crippen molar-refractivity contribution < 1.29 is 9.47 Å². The van der Waals surface area contributed by atoms with Crippen LogP contribution in [0.1, 0.15) is 18.1 Å². The zero-order valence-electron chi connectivity index (χ0n) is 10.4. The molecule has 0 amide bonds. The fourth-order valence-electron chi connectivity index (χ4n) is 1.61. The number of ether oxygens (including phenoxy) is 2. The van der Waals surface area contributed by atoms with Gasteiger partial charge in [-0.2, -0.15) is 0 Å². The summed E-state index contributed by atoms with van der Waals surface area (Å²) in [5.74, 6) is 0. The second-order valence-electron chi connectivity index (χ2n) is 3.78. The van der Waals surface area contributed by atoms with E-state index in [9.17, 15) is 0 Å². The number of halogens is 1. The zero-order chi connectivity index (χ0) is 12.5. The third-order valence-corrected chi connectivity index (χ3v) is 2.80. The summed E-state index contributed by atoms with van der Waals surface area (Å²) >= 11 is 6.16. The van der Waals surface area contributed by atoms with Gasteiger partial charge in [0.1, 0.15) is 0 Å². The highest BCUT2D eigenvalue weighted by Gasteiger charge is 2.13. The van der Waals surface area contributed by atoms with Gasteiger partial charge >= 0.3 is 0 Å². The SMILES string of the molecule is CNCC(OCCCOC)c1ccccc1Cl. The largest absolute Gasteiger partial charge is 0.385 e. The van der Waals surface area contributed by atoms with Crippen LogP contribution in [-0.2, 0) is 9.47 Å². The Hall–Kier alpha value is -0.610. The monoisotopic (exact) mass is 257 g/mol. The molecular weight excluding hydrogens is 238 g/mol. The van der Waals surface area contributed by atoms with Gasteiger partial charge in [-0.15, -0.1) is 0 Å². The average Bonchev–Trinajstić information content (AvgIpc) is 2.34. The lowest BCUT2D eigenvalue weighted by molar-refractivity contribution is 0.0400. The molecule has 0 aliphatic rings. The summed E-state index contributed by atoms with van der Waals surface area (Å²) in [7, 11) is 3.60. The molecule has 0 saturated heterocycles. The average molecular weight is 258 g/mol. The van der Waals surface area contributed by atoms with Gasteiger partial charge in [-0.05, 0) is 19.5 Å². The molecule has 1 atom stereocenters. The lowest BCUT2D eigenvalue weighted by Gasteiger charge is -2.19. The summed E-state index contributed by atoms with van der Waals surface area (Å²) in [6.07, 6.45) is 0.881. The molecule has 0 spiro atoms. The third-order valence-electron chi connectivity index (χ3n) is 2.45. The Kier molecular flexibility index (Phi) is 7.21. The minimum absolute atomic E-state index is 0.00874.